The molecule has 0 aliphatic rings. The molecule has 0 atom stereocenters. The summed E-state index contributed by atoms with van der Waals surface area (Å²) < 4.78 is 38.8. The summed E-state index contributed by atoms with van der Waals surface area (Å²) in [7, 11) is -4.56. The van der Waals surface area contributed by atoms with E-state index < -0.39 is 21.8 Å². The first kappa shape index (κ1) is 31.8. The number of nitrogens with zero attached hydrogens (tertiary/aromatic N) is 2. The van der Waals surface area contributed by atoms with E-state index in [1.54, 1.807) is 43.3 Å². The maximum Gasteiger partial charge on any atom is 1.00 e. The van der Waals surface area contributed by atoms with Crippen LogP contribution in [0.2, 0.25) is 10.0 Å². The Labute approximate surface area is 263 Å². The number of hydrogen-bond donors (Lipinski definition) is 2. The summed E-state index contributed by atoms with van der Waals surface area (Å²) in [4.78, 5) is 12.8. The van der Waals surface area contributed by atoms with Gasteiger partial charge in [-0.1, -0.05) is 60.1 Å². The molecule has 0 heterocycles. The monoisotopic (exact) mass is 609 g/mol. The van der Waals surface area contributed by atoms with Crippen LogP contribution in [-0.4, -0.2) is 25.5 Å². The molecule has 1 amide bonds. The van der Waals surface area contributed by atoms with Gasteiger partial charge in [0.1, 0.15) is 11.4 Å². The van der Waals surface area contributed by atoms with Crippen LogP contribution in [0.3, 0.4) is 0 Å². The number of halogens is 2. The fourth-order valence-corrected chi connectivity index (χ4v) is 5.27. The summed E-state index contributed by atoms with van der Waals surface area (Å²) in [5.41, 5.74) is 0.0948. The third kappa shape index (κ3) is 6.95. The smallest absolute Gasteiger partial charge is 0.870 e. The molecule has 0 spiro atoms. The van der Waals surface area contributed by atoms with E-state index in [2.05, 4.69) is 15.5 Å². The minimum Gasteiger partial charge on any atom is -0.870 e. The molecule has 0 bridgehead atoms. The molecule has 13 heteroatoms. The van der Waals surface area contributed by atoms with Gasteiger partial charge in [-0.3, -0.25) is 9.35 Å². The Balaban J connectivity index is 0.00000441. The Morgan fingerprint density at radius 2 is 1.73 bits per heavy atom. The minimum atomic E-state index is -4.56. The van der Waals surface area contributed by atoms with Gasteiger partial charge in [0.15, 0.2) is 0 Å². The molecule has 0 fully saturated rings. The van der Waals surface area contributed by atoms with E-state index in [4.69, 9.17) is 27.9 Å². The van der Waals surface area contributed by atoms with Crippen LogP contribution in [0, 0.1) is 0 Å². The third-order valence-corrected chi connectivity index (χ3v) is 7.19. The maximum atomic E-state index is 13.5. The number of anilines is 1. The van der Waals surface area contributed by atoms with Crippen LogP contribution in [0.5, 0.6) is 11.5 Å². The molecule has 202 valence electrons. The second kappa shape index (κ2) is 13.3. The third-order valence-electron chi connectivity index (χ3n) is 5.73. The summed E-state index contributed by atoms with van der Waals surface area (Å²) in [6, 6.07) is 15.4. The van der Waals surface area contributed by atoms with Gasteiger partial charge in [-0.15, -0.1) is 5.11 Å². The van der Waals surface area contributed by atoms with Gasteiger partial charge in [-0.2, -0.15) is 13.5 Å². The van der Waals surface area contributed by atoms with Crippen molar-refractivity contribution < 1.29 is 57.2 Å². The first-order valence-corrected chi connectivity index (χ1v) is 13.9. The first-order valence-electron chi connectivity index (χ1n) is 11.7. The molecule has 0 radical (unpaired) electrons. The molecule has 0 saturated carbocycles. The number of amides is 1. The molecule has 9 nitrogen and oxygen atoms in total. The van der Waals surface area contributed by atoms with E-state index in [9.17, 15) is 22.9 Å². The zero-order valence-corrected chi connectivity index (χ0v) is 26.1. The number of azo groups is 1. The molecule has 0 aliphatic heterocycles. The minimum absolute atomic E-state index is 0. The second-order valence-corrected chi connectivity index (χ2v) is 10.5. The van der Waals surface area contributed by atoms with Crippen molar-refractivity contribution in [1.82, 2.24) is 0 Å². The zero-order valence-electron chi connectivity index (χ0n) is 21.7. The van der Waals surface area contributed by atoms with Crippen LogP contribution in [0.4, 0.5) is 17.1 Å². The number of carbonyl (C=O) groups excluding carboxylic acids is 1. The van der Waals surface area contributed by atoms with E-state index >= 15 is 0 Å². The maximum absolute atomic E-state index is 13.5. The normalized spacial score (nSPS) is 11.4. The number of hydrogen-bond acceptors (Lipinski definition) is 7. The molecule has 4 aromatic carbocycles. The number of carbonyl (C=O) groups is 1. The molecule has 4 rings (SSSR count). The standard InChI is InChI=1S/C27H23Cl2N3O6S.Na/c1-3-19-23(39(35,36)37)10-9-22(29)24(19)31-32-25-20-8-6-5-7-15(20)11-21(26(25)33)27(34)30-17-12-16(28)13-18(14-17)38-4-2;/h5-14,33H,3-4H2,1-2H3,(H,30,34)(H,35,36,37);/q;+1/p-1. The number of fused-ring (bicyclic) bond motifs is 1. The van der Waals surface area contributed by atoms with Crippen LogP contribution in [0.15, 0.2) is 75.8 Å². The molecular weight excluding hydrogens is 588 g/mol. The second-order valence-electron chi connectivity index (χ2n) is 8.29. The number of ether oxygens (including phenoxy) is 1. The average Bonchev–Trinajstić information content (AvgIpc) is 2.87. The van der Waals surface area contributed by atoms with Gasteiger partial charge in [0, 0.05) is 33.3 Å². The molecule has 0 aromatic heterocycles. The molecule has 2 N–H and O–H groups in total. The topological polar surface area (TPSA) is 140 Å². The van der Waals surface area contributed by atoms with Gasteiger partial charge < -0.3 is 15.2 Å². The SMILES string of the molecule is CCOc1cc(Cl)cc(NC(=O)c2cc3ccccc3c(N=Nc3c(Cl)ccc(S(=O)(=O)O)c3CC)c2[O-])c1.[Na+]. The Kier molecular flexibility index (Phi) is 10.6. The predicted molar refractivity (Wildman–Crippen MR) is 149 cm³/mol. The van der Waals surface area contributed by atoms with Crippen molar-refractivity contribution in [2.45, 2.75) is 25.2 Å². The fourth-order valence-electron chi connectivity index (χ4n) is 4.04. The van der Waals surface area contributed by atoms with Crippen LogP contribution in [-0.2, 0) is 16.5 Å². The van der Waals surface area contributed by atoms with E-state index in [0.29, 0.717) is 33.8 Å². The van der Waals surface area contributed by atoms with Gasteiger partial charge in [0.2, 0.25) is 0 Å². The van der Waals surface area contributed by atoms with Gasteiger partial charge in [0.25, 0.3) is 16.0 Å². The van der Waals surface area contributed by atoms with Gasteiger partial charge in [0.05, 0.1) is 22.2 Å². The van der Waals surface area contributed by atoms with E-state index in [0.717, 1.165) is 0 Å². The average molecular weight is 610 g/mol. The Bertz CT molecular complexity index is 1730. The van der Waals surface area contributed by atoms with E-state index in [-0.39, 0.29) is 68.4 Å². The number of rotatable bonds is 8. The Morgan fingerprint density at radius 1 is 1.02 bits per heavy atom. The summed E-state index contributed by atoms with van der Waals surface area (Å²) in [6.07, 6.45) is 0.154. The summed E-state index contributed by atoms with van der Waals surface area (Å²) >= 11 is 12.4. The van der Waals surface area contributed by atoms with Crippen molar-refractivity contribution in [3.8, 4) is 11.5 Å². The fraction of sp³-hybridized carbons (Fsp3) is 0.148. The van der Waals surface area contributed by atoms with E-state index in [1.165, 1.54) is 24.3 Å². The number of benzene rings is 4. The van der Waals surface area contributed by atoms with Crippen LogP contribution in [0.1, 0.15) is 29.8 Å². The predicted octanol–water partition coefficient (Wildman–Crippen LogP) is 4.10. The van der Waals surface area contributed by atoms with Gasteiger partial charge in [-0.05, 0) is 49.1 Å². The molecule has 0 aliphatic carbocycles. The Hall–Kier alpha value is -2.70. The van der Waals surface area contributed by atoms with Crippen molar-refractivity contribution in [2.75, 3.05) is 11.9 Å². The molecular formula is C27H22Cl2N3NaO6S. The van der Waals surface area contributed by atoms with Crippen molar-refractivity contribution in [3.05, 3.63) is 81.8 Å². The molecule has 0 saturated heterocycles. The quantitative estimate of drug-likeness (QED) is 0.175. The summed E-state index contributed by atoms with van der Waals surface area (Å²) in [6.45, 7) is 3.86. The number of nitrogens with one attached hydrogen (secondary N) is 1. The van der Waals surface area contributed by atoms with Crippen molar-refractivity contribution in [1.29, 1.82) is 0 Å². The van der Waals surface area contributed by atoms with Crippen molar-refractivity contribution in [3.63, 3.8) is 0 Å². The molecule has 40 heavy (non-hydrogen) atoms. The van der Waals surface area contributed by atoms with Crippen LogP contribution < -0.4 is 44.7 Å². The molecule has 4 aromatic rings. The van der Waals surface area contributed by atoms with Crippen LogP contribution in [0.25, 0.3) is 10.8 Å². The van der Waals surface area contributed by atoms with Crippen molar-refractivity contribution >= 4 is 67.1 Å². The van der Waals surface area contributed by atoms with Gasteiger partial charge >= 0.3 is 29.6 Å². The first-order chi connectivity index (χ1) is 18.5. The largest absolute Gasteiger partial charge is 1.00 e. The van der Waals surface area contributed by atoms with Crippen molar-refractivity contribution in [2.24, 2.45) is 10.2 Å². The Morgan fingerprint density at radius 3 is 2.40 bits per heavy atom. The van der Waals surface area contributed by atoms with Gasteiger partial charge in [-0.25, -0.2) is 0 Å². The summed E-state index contributed by atoms with van der Waals surface area (Å²) in [5, 5.41) is 25.8. The molecule has 0 unspecified atom stereocenters. The summed E-state index contributed by atoms with van der Waals surface area (Å²) in [5.74, 6) is -0.957. The van der Waals surface area contributed by atoms with Crippen LogP contribution >= 0.6 is 23.2 Å². The van der Waals surface area contributed by atoms with E-state index in [1.807, 2.05) is 6.92 Å². The zero-order chi connectivity index (χ0) is 28.3.